The molecule has 2 aromatic carbocycles. The fraction of sp³-hybridized carbons (Fsp3) is 0.516. The van der Waals surface area contributed by atoms with E-state index < -0.39 is 6.10 Å². The molecule has 0 fully saturated rings. The highest BCUT2D eigenvalue weighted by Gasteiger charge is 2.33. The summed E-state index contributed by atoms with van der Waals surface area (Å²) >= 11 is 18.6. The van der Waals surface area contributed by atoms with E-state index in [-0.39, 0.29) is 50.6 Å². The molecule has 40 heavy (non-hydrogen) atoms. The maximum absolute atomic E-state index is 13.5. The number of amides is 2. The van der Waals surface area contributed by atoms with Crippen LogP contribution >= 0.6 is 34.8 Å². The van der Waals surface area contributed by atoms with Gasteiger partial charge in [0, 0.05) is 10.6 Å². The van der Waals surface area contributed by atoms with Gasteiger partial charge in [-0.3, -0.25) is 9.59 Å². The standard InChI is InChI=1S/C31H40Cl3N3O3/c1-8-11-12-25(40-24-14-13-19(30(4,5)9-2)15-21(24)31(6,7)10-3)29(39)35-26-18-27(38)37(36-26)28-22(33)16-20(32)17-23(28)34/h13-17,25H,8-12,18H2,1-7H3,(H,35,36,39). The van der Waals surface area contributed by atoms with Gasteiger partial charge < -0.3 is 10.1 Å². The third-order valence-electron chi connectivity index (χ3n) is 7.88. The fourth-order valence-electron chi connectivity index (χ4n) is 4.40. The Morgan fingerprint density at radius 2 is 1.65 bits per heavy atom. The summed E-state index contributed by atoms with van der Waals surface area (Å²) in [6, 6.07) is 9.30. The van der Waals surface area contributed by atoms with Crippen LogP contribution in [0, 0.1) is 0 Å². The maximum Gasteiger partial charge on any atom is 0.266 e. The molecule has 0 saturated heterocycles. The van der Waals surface area contributed by atoms with Crippen LogP contribution < -0.4 is 15.1 Å². The summed E-state index contributed by atoms with van der Waals surface area (Å²) in [5.74, 6) is 0.183. The molecule has 3 rings (SSSR count). The summed E-state index contributed by atoms with van der Waals surface area (Å²) in [6.45, 7) is 15.3. The molecule has 0 spiro atoms. The number of hydrazone groups is 1. The quantitative estimate of drug-likeness (QED) is 0.277. The van der Waals surface area contributed by atoms with Gasteiger partial charge in [0.1, 0.15) is 17.3 Å². The molecule has 2 aromatic rings. The zero-order chi connectivity index (χ0) is 29.8. The molecule has 0 radical (unpaired) electrons. The molecule has 0 aliphatic carbocycles. The largest absolute Gasteiger partial charge is 0.480 e. The van der Waals surface area contributed by atoms with Gasteiger partial charge in [0.25, 0.3) is 11.8 Å². The predicted octanol–water partition coefficient (Wildman–Crippen LogP) is 8.83. The predicted molar refractivity (Wildman–Crippen MR) is 166 cm³/mol. The van der Waals surface area contributed by atoms with Gasteiger partial charge in [0.15, 0.2) is 6.10 Å². The average Bonchev–Trinajstić information content (AvgIpc) is 3.24. The second-order valence-corrected chi connectivity index (χ2v) is 12.8. The van der Waals surface area contributed by atoms with E-state index in [1.54, 1.807) is 0 Å². The van der Waals surface area contributed by atoms with E-state index in [0.717, 1.165) is 36.3 Å². The highest BCUT2D eigenvalue weighted by atomic mass is 35.5. The summed E-state index contributed by atoms with van der Waals surface area (Å²) in [5, 5.41) is 8.96. The number of halogens is 3. The average molecular weight is 609 g/mol. The van der Waals surface area contributed by atoms with Gasteiger partial charge in [-0.15, -0.1) is 0 Å². The lowest BCUT2D eigenvalue weighted by Crippen LogP contribution is -2.41. The number of anilines is 1. The van der Waals surface area contributed by atoms with Crippen LogP contribution in [0.5, 0.6) is 5.75 Å². The number of nitrogens with zero attached hydrogens (tertiary/aromatic N) is 2. The molecule has 1 aliphatic heterocycles. The topological polar surface area (TPSA) is 71.0 Å². The first kappa shape index (κ1) is 32.2. The van der Waals surface area contributed by atoms with Crippen molar-refractivity contribution in [2.24, 2.45) is 5.10 Å². The lowest BCUT2D eigenvalue weighted by atomic mass is 9.76. The minimum atomic E-state index is -0.758. The molecule has 1 N–H and O–H groups in total. The van der Waals surface area contributed by atoms with E-state index in [0.29, 0.717) is 17.2 Å². The van der Waals surface area contributed by atoms with Crippen molar-refractivity contribution in [3.05, 3.63) is 56.5 Å². The highest BCUT2D eigenvalue weighted by Crippen LogP contribution is 2.40. The molecular weight excluding hydrogens is 569 g/mol. The van der Waals surface area contributed by atoms with Gasteiger partial charge in [-0.2, -0.15) is 10.1 Å². The van der Waals surface area contributed by atoms with Crippen molar-refractivity contribution in [3.63, 3.8) is 0 Å². The molecule has 9 heteroatoms. The van der Waals surface area contributed by atoms with Crippen LogP contribution in [0.25, 0.3) is 0 Å². The number of carbonyl (C=O) groups is 2. The summed E-state index contributed by atoms with van der Waals surface area (Å²) in [6.07, 6.45) is 3.29. The van der Waals surface area contributed by atoms with Crippen molar-refractivity contribution in [2.45, 2.75) is 104 Å². The van der Waals surface area contributed by atoms with E-state index >= 15 is 0 Å². The molecule has 0 aromatic heterocycles. The van der Waals surface area contributed by atoms with Crippen LogP contribution in [-0.4, -0.2) is 23.8 Å². The van der Waals surface area contributed by atoms with Gasteiger partial charge in [0.2, 0.25) is 0 Å². The molecule has 0 saturated carbocycles. The van der Waals surface area contributed by atoms with Crippen LogP contribution in [0.4, 0.5) is 5.69 Å². The molecule has 218 valence electrons. The second kappa shape index (κ2) is 13.1. The van der Waals surface area contributed by atoms with Gasteiger partial charge in [0.05, 0.1) is 16.5 Å². The molecule has 1 atom stereocenters. The number of hydrogen-bond donors (Lipinski definition) is 1. The first-order valence-electron chi connectivity index (χ1n) is 13.9. The molecule has 2 amide bonds. The van der Waals surface area contributed by atoms with Gasteiger partial charge in [-0.05, 0) is 60.3 Å². The van der Waals surface area contributed by atoms with Crippen molar-refractivity contribution in [3.8, 4) is 5.75 Å². The Hall–Kier alpha value is -2.28. The third-order valence-corrected chi connectivity index (χ3v) is 8.67. The smallest absolute Gasteiger partial charge is 0.266 e. The Morgan fingerprint density at radius 1 is 1.02 bits per heavy atom. The monoisotopic (exact) mass is 607 g/mol. The van der Waals surface area contributed by atoms with E-state index in [4.69, 9.17) is 39.5 Å². The van der Waals surface area contributed by atoms with E-state index in [2.05, 4.69) is 71.0 Å². The number of unbranched alkanes of at least 4 members (excludes halogenated alkanes) is 1. The van der Waals surface area contributed by atoms with Crippen LogP contribution in [0.3, 0.4) is 0 Å². The molecule has 1 unspecified atom stereocenters. The van der Waals surface area contributed by atoms with Gasteiger partial charge >= 0.3 is 0 Å². The van der Waals surface area contributed by atoms with Crippen LogP contribution in [0.1, 0.15) is 98.1 Å². The highest BCUT2D eigenvalue weighted by molar-refractivity contribution is 6.42. The van der Waals surface area contributed by atoms with Crippen molar-refractivity contribution in [2.75, 3.05) is 5.01 Å². The van der Waals surface area contributed by atoms with Crippen LogP contribution in [0.2, 0.25) is 15.1 Å². The number of ether oxygens (including phenoxy) is 1. The van der Waals surface area contributed by atoms with Crippen molar-refractivity contribution in [1.29, 1.82) is 0 Å². The lowest BCUT2D eigenvalue weighted by Gasteiger charge is -2.31. The zero-order valence-electron chi connectivity index (χ0n) is 24.5. The van der Waals surface area contributed by atoms with E-state index in [9.17, 15) is 9.59 Å². The molecular formula is C31H40Cl3N3O3. The number of carbonyl (C=O) groups excluding carboxylic acids is 2. The summed E-state index contributed by atoms with van der Waals surface area (Å²) in [4.78, 5) is 26.3. The molecule has 1 aliphatic rings. The Kier molecular flexibility index (Phi) is 10.6. The minimum Gasteiger partial charge on any atom is -0.480 e. The number of amidine groups is 1. The number of nitrogens with one attached hydrogen (secondary N) is 1. The fourth-order valence-corrected chi connectivity index (χ4v) is 5.37. The normalized spacial score (nSPS) is 14.8. The van der Waals surface area contributed by atoms with Crippen molar-refractivity contribution >= 4 is 58.1 Å². The summed E-state index contributed by atoms with van der Waals surface area (Å²) in [7, 11) is 0. The lowest BCUT2D eigenvalue weighted by molar-refractivity contribution is -0.126. The SMILES string of the molecule is CCCCC(Oc1ccc(C(C)(C)CC)cc1C(C)(C)CC)C(=O)NC1=NN(c2c(Cl)cc(Cl)cc2Cl)C(=O)C1. The number of rotatable bonds is 11. The van der Waals surface area contributed by atoms with Gasteiger partial charge in [-0.1, -0.05) is 102 Å². The Labute approximate surface area is 253 Å². The molecule has 0 bridgehead atoms. The van der Waals surface area contributed by atoms with Gasteiger partial charge in [-0.25, -0.2) is 0 Å². The summed E-state index contributed by atoms with van der Waals surface area (Å²) < 4.78 is 6.48. The molecule has 1 heterocycles. The van der Waals surface area contributed by atoms with Crippen molar-refractivity contribution in [1.82, 2.24) is 5.32 Å². The first-order valence-corrected chi connectivity index (χ1v) is 15.0. The Bertz CT molecular complexity index is 1270. The van der Waals surface area contributed by atoms with Crippen LogP contribution in [0.15, 0.2) is 35.4 Å². The van der Waals surface area contributed by atoms with Crippen LogP contribution in [-0.2, 0) is 20.4 Å². The third kappa shape index (κ3) is 7.32. The Balaban J connectivity index is 1.90. The first-order chi connectivity index (χ1) is 18.7. The summed E-state index contributed by atoms with van der Waals surface area (Å²) in [5.41, 5.74) is 2.41. The number of hydrogen-bond acceptors (Lipinski definition) is 4. The minimum absolute atomic E-state index is 0.0188. The van der Waals surface area contributed by atoms with E-state index in [1.165, 1.54) is 17.7 Å². The van der Waals surface area contributed by atoms with E-state index in [1.807, 2.05) is 6.07 Å². The number of benzene rings is 2. The van der Waals surface area contributed by atoms with Crippen molar-refractivity contribution < 1.29 is 14.3 Å². The maximum atomic E-state index is 13.5. The second-order valence-electron chi connectivity index (χ2n) is 11.6. The molecule has 6 nitrogen and oxygen atoms in total. The Morgan fingerprint density at radius 3 is 2.23 bits per heavy atom. The zero-order valence-corrected chi connectivity index (χ0v) is 26.7.